The maximum absolute atomic E-state index is 2.40. The zero-order valence-electron chi connectivity index (χ0n) is 23.6. The van der Waals surface area contributed by atoms with Crippen LogP contribution in [0.2, 0.25) is 0 Å². The van der Waals surface area contributed by atoms with Crippen LogP contribution in [0.25, 0.3) is 60.5 Å². The average Bonchev–Trinajstić information content (AvgIpc) is 3.31. The van der Waals surface area contributed by atoms with Crippen LogP contribution in [0.1, 0.15) is 23.1 Å². The lowest BCUT2D eigenvalue weighted by Crippen LogP contribution is -1.92. The second-order valence-electron chi connectivity index (χ2n) is 11.1. The van der Waals surface area contributed by atoms with Gasteiger partial charge in [0.05, 0.1) is 0 Å². The van der Waals surface area contributed by atoms with Gasteiger partial charge in [0.15, 0.2) is 0 Å². The molecule has 0 spiro atoms. The van der Waals surface area contributed by atoms with Crippen molar-refractivity contribution in [1.82, 2.24) is 0 Å². The molecule has 0 aliphatic heterocycles. The molecular formula is C41H32. The van der Waals surface area contributed by atoms with Gasteiger partial charge in [0.1, 0.15) is 0 Å². The van der Waals surface area contributed by atoms with Crippen LogP contribution in [-0.4, -0.2) is 0 Å². The van der Waals surface area contributed by atoms with E-state index in [1.54, 1.807) is 0 Å². The molecule has 0 nitrogen and oxygen atoms in total. The third-order valence-corrected chi connectivity index (χ3v) is 8.24. The molecule has 6 aromatic rings. The molecular weight excluding hydrogens is 492 g/mol. The molecule has 7 rings (SSSR count). The molecule has 0 heterocycles. The predicted molar refractivity (Wildman–Crippen MR) is 178 cm³/mol. The molecule has 0 unspecified atom stereocenters. The van der Waals surface area contributed by atoms with Crippen molar-refractivity contribution in [3.05, 3.63) is 162 Å². The van der Waals surface area contributed by atoms with E-state index in [2.05, 4.69) is 159 Å². The van der Waals surface area contributed by atoms with Crippen LogP contribution in [0.5, 0.6) is 0 Å². The Morgan fingerprint density at radius 3 is 1.59 bits per heavy atom. The highest BCUT2D eigenvalue weighted by Crippen LogP contribution is 2.44. The Hall–Kier alpha value is -4.94. The number of fused-ring (bicyclic) bond motifs is 2. The Kier molecular flexibility index (Phi) is 6.45. The molecule has 0 saturated carbocycles. The summed E-state index contributed by atoms with van der Waals surface area (Å²) in [6.45, 7) is 4.30. The molecule has 0 amide bonds. The summed E-state index contributed by atoms with van der Waals surface area (Å²) in [5, 5.41) is 5.13. The minimum Gasteiger partial charge on any atom is -0.0807 e. The molecule has 6 aromatic carbocycles. The normalized spacial score (nSPS) is 13.0. The van der Waals surface area contributed by atoms with Crippen molar-refractivity contribution in [2.24, 2.45) is 0 Å². The van der Waals surface area contributed by atoms with Crippen molar-refractivity contribution in [3.8, 4) is 33.4 Å². The van der Waals surface area contributed by atoms with Crippen LogP contribution in [0.15, 0.2) is 146 Å². The van der Waals surface area contributed by atoms with E-state index < -0.39 is 0 Å². The van der Waals surface area contributed by atoms with Crippen LogP contribution in [0.3, 0.4) is 0 Å². The SMILES string of the molecule is Cc1ccc(-c2c3ccccc3c(-c3ccc(C)cc3)c3cc(-c4ccc(C5=CC=CCC=C5)cc4)ccc23)cc1. The summed E-state index contributed by atoms with van der Waals surface area (Å²) in [4.78, 5) is 0. The van der Waals surface area contributed by atoms with E-state index in [1.165, 1.54) is 77.2 Å². The third-order valence-electron chi connectivity index (χ3n) is 8.24. The van der Waals surface area contributed by atoms with Gasteiger partial charge >= 0.3 is 0 Å². The van der Waals surface area contributed by atoms with Gasteiger partial charge in [0.2, 0.25) is 0 Å². The molecule has 0 bridgehead atoms. The Bertz CT molecular complexity index is 1980. The smallest absolute Gasteiger partial charge is 0.00262 e. The fourth-order valence-electron chi connectivity index (χ4n) is 6.05. The maximum Gasteiger partial charge on any atom is -0.00262 e. The fourth-order valence-corrected chi connectivity index (χ4v) is 6.05. The number of rotatable bonds is 4. The largest absolute Gasteiger partial charge is 0.0807 e. The third kappa shape index (κ3) is 4.72. The lowest BCUT2D eigenvalue weighted by Gasteiger charge is -2.19. The van der Waals surface area contributed by atoms with Gasteiger partial charge in [-0.2, -0.15) is 0 Å². The lowest BCUT2D eigenvalue weighted by atomic mass is 9.84. The van der Waals surface area contributed by atoms with E-state index >= 15 is 0 Å². The molecule has 0 radical (unpaired) electrons. The average molecular weight is 525 g/mol. The minimum atomic E-state index is 0.984. The molecule has 196 valence electrons. The molecule has 0 N–H and O–H groups in total. The van der Waals surface area contributed by atoms with Gasteiger partial charge in [-0.05, 0) is 92.4 Å². The van der Waals surface area contributed by atoms with Crippen LogP contribution in [-0.2, 0) is 0 Å². The molecule has 0 fully saturated rings. The maximum atomic E-state index is 2.40. The van der Waals surface area contributed by atoms with Crippen molar-refractivity contribution in [3.63, 3.8) is 0 Å². The first-order valence-corrected chi connectivity index (χ1v) is 14.4. The highest BCUT2D eigenvalue weighted by molar-refractivity contribution is 6.22. The molecule has 0 atom stereocenters. The van der Waals surface area contributed by atoms with Crippen molar-refractivity contribution in [1.29, 1.82) is 0 Å². The summed E-state index contributed by atoms with van der Waals surface area (Å²) in [5.74, 6) is 0. The second kappa shape index (κ2) is 10.6. The summed E-state index contributed by atoms with van der Waals surface area (Å²) < 4.78 is 0. The Labute approximate surface area is 242 Å². The second-order valence-corrected chi connectivity index (χ2v) is 11.1. The van der Waals surface area contributed by atoms with Crippen molar-refractivity contribution in [2.45, 2.75) is 20.3 Å². The van der Waals surface area contributed by atoms with E-state index in [-0.39, 0.29) is 0 Å². The van der Waals surface area contributed by atoms with Gasteiger partial charge in [0, 0.05) is 0 Å². The van der Waals surface area contributed by atoms with E-state index in [0.717, 1.165) is 6.42 Å². The summed E-state index contributed by atoms with van der Waals surface area (Å²) in [5.41, 5.74) is 12.6. The van der Waals surface area contributed by atoms with Crippen molar-refractivity contribution < 1.29 is 0 Å². The van der Waals surface area contributed by atoms with E-state index in [9.17, 15) is 0 Å². The standard InChI is InChI=1S/C41H32/c1-28-13-17-33(18-14-28)40-36-11-7-8-12-37(36)41(34-19-15-29(2)16-20-34)39-27-35(25-26-38(39)40)32-23-21-31(22-24-32)30-9-5-3-4-6-10-30/h3,5-27H,4H2,1-2H3. The van der Waals surface area contributed by atoms with Crippen LogP contribution in [0.4, 0.5) is 0 Å². The zero-order valence-corrected chi connectivity index (χ0v) is 23.6. The van der Waals surface area contributed by atoms with Gasteiger partial charge in [0.25, 0.3) is 0 Å². The van der Waals surface area contributed by atoms with E-state index in [0.29, 0.717) is 0 Å². The predicted octanol–water partition coefficient (Wildman–Crippen LogP) is 11.5. The summed E-state index contributed by atoms with van der Waals surface area (Å²) >= 11 is 0. The van der Waals surface area contributed by atoms with Gasteiger partial charge in [-0.15, -0.1) is 0 Å². The van der Waals surface area contributed by atoms with Crippen molar-refractivity contribution >= 4 is 27.1 Å². The quantitative estimate of drug-likeness (QED) is 0.201. The first-order valence-electron chi connectivity index (χ1n) is 14.4. The monoisotopic (exact) mass is 524 g/mol. The summed E-state index contributed by atoms with van der Waals surface area (Å²) in [6.07, 6.45) is 12.0. The van der Waals surface area contributed by atoms with Crippen LogP contribution < -0.4 is 0 Å². The number of hydrogen-bond donors (Lipinski definition) is 0. The molecule has 1 aliphatic carbocycles. The summed E-state index contributed by atoms with van der Waals surface area (Å²) in [7, 11) is 0. The lowest BCUT2D eigenvalue weighted by molar-refractivity contribution is 1.41. The topological polar surface area (TPSA) is 0 Å². The van der Waals surface area contributed by atoms with Gasteiger partial charge in [-0.3, -0.25) is 0 Å². The fraction of sp³-hybridized carbons (Fsp3) is 0.0732. The first kappa shape index (κ1) is 25.1. The van der Waals surface area contributed by atoms with Crippen LogP contribution in [0, 0.1) is 13.8 Å². The Morgan fingerprint density at radius 1 is 0.439 bits per heavy atom. The number of benzene rings is 6. The number of hydrogen-bond acceptors (Lipinski definition) is 0. The van der Waals surface area contributed by atoms with E-state index in [1.807, 2.05) is 0 Å². The molecule has 1 aliphatic rings. The first-order chi connectivity index (χ1) is 20.2. The molecule has 41 heavy (non-hydrogen) atoms. The minimum absolute atomic E-state index is 0.984. The highest BCUT2D eigenvalue weighted by atomic mass is 14.2. The zero-order chi connectivity index (χ0) is 27.8. The van der Waals surface area contributed by atoms with Gasteiger partial charge in [-0.25, -0.2) is 0 Å². The number of allylic oxidation sites excluding steroid dienone is 6. The van der Waals surface area contributed by atoms with Gasteiger partial charge in [-0.1, -0.05) is 151 Å². The molecule has 0 aromatic heterocycles. The Morgan fingerprint density at radius 2 is 0.951 bits per heavy atom. The molecule has 0 heteroatoms. The molecule has 0 saturated heterocycles. The highest BCUT2D eigenvalue weighted by Gasteiger charge is 2.17. The van der Waals surface area contributed by atoms with Gasteiger partial charge < -0.3 is 0 Å². The van der Waals surface area contributed by atoms with Crippen LogP contribution >= 0.6 is 0 Å². The summed E-state index contributed by atoms with van der Waals surface area (Å²) in [6, 6.07) is 42.9. The Balaban J connectivity index is 1.48. The van der Waals surface area contributed by atoms with Crippen molar-refractivity contribution in [2.75, 3.05) is 0 Å². The van der Waals surface area contributed by atoms with E-state index in [4.69, 9.17) is 0 Å². The number of aryl methyl sites for hydroxylation is 2.